The number of nitrogens with one attached hydrogen (secondary N) is 2. The normalized spacial score (nSPS) is 26.0. The van der Waals surface area contributed by atoms with E-state index in [0.29, 0.717) is 0 Å². The van der Waals surface area contributed by atoms with Crippen LogP contribution in [0, 0.1) is 0 Å². The fraction of sp³-hybridized carbons (Fsp3) is 0.522. The molecule has 0 bridgehead atoms. The summed E-state index contributed by atoms with van der Waals surface area (Å²) in [4.78, 5) is 37.1. The first-order valence-electron chi connectivity index (χ1n) is 11.5. The molecule has 0 saturated carbocycles. The first kappa shape index (κ1) is 29.1. The molecule has 1 aliphatic heterocycles. The van der Waals surface area contributed by atoms with Crippen LogP contribution in [0.3, 0.4) is 0 Å². The van der Waals surface area contributed by atoms with E-state index in [1.54, 1.807) is 51.1 Å². The van der Waals surface area contributed by atoms with Crippen LogP contribution in [0.15, 0.2) is 52.2 Å². The van der Waals surface area contributed by atoms with Crippen molar-refractivity contribution in [2.75, 3.05) is 13.7 Å². The molecule has 0 radical (unpaired) electrons. The van der Waals surface area contributed by atoms with Gasteiger partial charge in [-0.05, 0) is 39.8 Å². The molecule has 2 N–H and O–H groups in total. The molecule has 14 heteroatoms. The maximum atomic E-state index is 13.8. The molecule has 37 heavy (non-hydrogen) atoms. The van der Waals surface area contributed by atoms with E-state index >= 15 is 0 Å². The Kier molecular flexibility index (Phi) is 9.38. The number of carbonyl (C=O) groups is 1. The average Bonchev–Trinajstić information content (AvgIpc) is 3.07. The molecule has 6 atom stereocenters. The van der Waals surface area contributed by atoms with Gasteiger partial charge in [-0.15, -0.1) is 11.6 Å². The Balaban J connectivity index is 1.83. The molecule has 1 unspecified atom stereocenters. The Hall–Kier alpha value is -2.47. The summed E-state index contributed by atoms with van der Waals surface area (Å²) in [5.41, 5.74) is -1.30. The second-order valence-corrected chi connectivity index (χ2v) is 11.4. The summed E-state index contributed by atoms with van der Waals surface area (Å²) in [5, 5.41) is 2.60. The van der Waals surface area contributed by atoms with Crippen LogP contribution in [0.25, 0.3) is 0 Å². The number of rotatable bonds is 11. The molecule has 204 valence electrons. The number of hydrogen-bond acceptors (Lipinski definition) is 9. The highest BCUT2D eigenvalue weighted by molar-refractivity contribution is 7.52. The first-order valence-corrected chi connectivity index (χ1v) is 13.4. The summed E-state index contributed by atoms with van der Waals surface area (Å²) in [6.07, 6.45) is -1.92. The Morgan fingerprint density at radius 1 is 1.24 bits per heavy atom. The number of esters is 1. The van der Waals surface area contributed by atoms with Crippen molar-refractivity contribution in [3.05, 3.63) is 63.4 Å². The second-order valence-electron chi connectivity index (χ2n) is 8.89. The van der Waals surface area contributed by atoms with Crippen molar-refractivity contribution in [1.29, 1.82) is 0 Å². The van der Waals surface area contributed by atoms with Crippen LogP contribution in [0.1, 0.15) is 33.9 Å². The van der Waals surface area contributed by atoms with E-state index in [1.165, 1.54) is 20.2 Å². The average molecular weight is 560 g/mol. The summed E-state index contributed by atoms with van der Waals surface area (Å²) < 4.78 is 43.0. The zero-order valence-electron chi connectivity index (χ0n) is 21.1. The molecular formula is C23H31ClN3O9P. The first-order chi connectivity index (χ1) is 17.4. The molecule has 1 fully saturated rings. The monoisotopic (exact) mass is 559 g/mol. The topological polar surface area (TPSA) is 147 Å². The number of H-pyrrole nitrogens is 1. The Morgan fingerprint density at radius 2 is 1.92 bits per heavy atom. The van der Waals surface area contributed by atoms with Gasteiger partial charge in [-0.25, -0.2) is 9.36 Å². The van der Waals surface area contributed by atoms with Gasteiger partial charge < -0.3 is 18.7 Å². The minimum absolute atomic E-state index is 0.234. The molecule has 2 heterocycles. The predicted octanol–water partition coefficient (Wildman–Crippen LogP) is 2.58. The Morgan fingerprint density at radius 3 is 2.51 bits per heavy atom. The lowest BCUT2D eigenvalue weighted by Gasteiger charge is -2.28. The van der Waals surface area contributed by atoms with Gasteiger partial charge in [0.05, 0.1) is 12.7 Å². The number of carbonyl (C=O) groups excluding carboxylic acids is 1. The van der Waals surface area contributed by atoms with E-state index in [2.05, 4.69) is 10.1 Å². The molecule has 3 rings (SSSR count). The number of alkyl halides is 1. The maximum Gasteiger partial charge on any atom is 0.459 e. The van der Waals surface area contributed by atoms with Crippen molar-refractivity contribution in [1.82, 2.24) is 14.6 Å². The van der Waals surface area contributed by atoms with Crippen LogP contribution < -0.4 is 20.9 Å². The standard InChI is InChI=1S/C23H31ClN3O9P/c1-14(2)34-20(29)15(3)26-37(31,36-16-9-7-6-8-10-16)33-13-17-19(32-5)23(4,24)21(35-17)27-12-11-18(28)25-22(27)30/h6-12,14-15,17,19,21H,13H2,1-5H3,(H,26,31)(H,25,28,30)/t15-,17+,19+,21+,23+,37?/m0/s1. The number of para-hydroxylation sites is 1. The van der Waals surface area contributed by atoms with E-state index in [9.17, 15) is 18.9 Å². The largest absolute Gasteiger partial charge is 0.462 e. The van der Waals surface area contributed by atoms with Gasteiger partial charge in [0.25, 0.3) is 5.56 Å². The number of nitrogens with zero attached hydrogens (tertiary/aromatic N) is 1. The highest BCUT2D eigenvalue weighted by Gasteiger charge is 2.55. The number of aromatic amines is 1. The minimum atomic E-state index is -4.18. The lowest BCUT2D eigenvalue weighted by molar-refractivity contribution is -0.149. The molecule has 2 aromatic rings. The van der Waals surface area contributed by atoms with E-state index in [1.807, 2.05) is 0 Å². The second kappa shape index (κ2) is 11.9. The van der Waals surface area contributed by atoms with Gasteiger partial charge in [0.1, 0.15) is 28.9 Å². The zero-order chi connectivity index (χ0) is 27.4. The number of hydrogen-bond donors (Lipinski definition) is 2. The third-order valence-corrected chi connectivity index (χ3v) is 7.52. The third kappa shape index (κ3) is 7.10. The van der Waals surface area contributed by atoms with E-state index in [0.717, 1.165) is 10.6 Å². The third-order valence-electron chi connectivity index (χ3n) is 5.47. The lowest BCUT2D eigenvalue weighted by Crippen LogP contribution is -2.44. The molecular weight excluding hydrogens is 529 g/mol. The van der Waals surface area contributed by atoms with Crippen LogP contribution in [0.4, 0.5) is 0 Å². The van der Waals surface area contributed by atoms with Crippen LogP contribution in [0.2, 0.25) is 0 Å². The van der Waals surface area contributed by atoms with E-state index < -0.39 is 54.3 Å². The van der Waals surface area contributed by atoms with Crippen molar-refractivity contribution in [3.63, 3.8) is 0 Å². The molecule has 0 spiro atoms. The summed E-state index contributed by atoms with van der Waals surface area (Å²) >= 11 is 6.76. The highest BCUT2D eigenvalue weighted by atomic mass is 35.5. The minimum Gasteiger partial charge on any atom is -0.462 e. The Bertz CT molecular complexity index is 1230. The lowest BCUT2D eigenvalue weighted by atomic mass is 10.0. The number of benzene rings is 1. The van der Waals surface area contributed by atoms with Crippen LogP contribution >= 0.6 is 19.3 Å². The molecule has 1 saturated heterocycles. The molecule has 1 aliphatic rings. The van der Waals surface area contributed by atoms with Gasteiger partial charge in [-0.3, -0.25) is 23.7 Å². The highest BCUT2D eigenvalue weighted by Crippen LogP contribution is 2.48. The molecule has 1 aromatic carbocycles. The fourth-order valence-electron chi connectivity index (χ4n) is 3.84. The molecule has 1 aromatic heterocycles. The van der Waals surface area contributed by atoms with Crippen molar-refractivity contribution >= 4 is 25.3 Å². The number of aromatic nitrogens is 2. The molecule has 0 aliphatic carbocycles. The summed E-state index contributed by atoms with van der Waals surface area (Å²) in [5.74, 6) is -0.411. The summed E-state index contributed by atoms with van der Waals surface area (Å²) in [6, 6.07) is 8.40. The van der Waals surface area contributed by atoms with E-state index in [4.69, 9.17) is 34.9 Å². The quantitative estimate of drug-likeness (QED) is 0.239. The molecule has 0 amide bonds. The van der Waals surface area contributed by atoms with Crippen LogP contribution in [-0.2, 0) is 28.1 Å². The van der Waals surface area contributed by atoms with Gasteiger partial charge in [0, 0.05) is 19.4 Å². The van der Waals surface area contributed by atoms with Crippen molar-refractivity contribution < 1.29 is 32.6 Å². The van der Waals surface area contributed by atoms with Gasteiger partial charge in [-0.2, -0.15) is 5.09 Å². The van der Waals surface area contributed by atoms with Crippen LogP contribution in [0.5, 0.6) is 5.75 Å². The number of methoxy groups -OCH3 is 1. The van der Waals surface area contributed by atoms with Crippen LogP contribution in [-0.4, -0.2) is 58.5 Å². The van der Waals surface area contributed by atoms with Gasteiger partial charge in [-0.1, -0.05) is 18.2 Å². The van der Waals surface area contributed by atoms with Gasteiger partial charge in [0.2, 0.25) is 0 Å². The maximum absolute atomic E-state index is 13.8. The predicted molar refractivity (Wildman–Crippen MR) is 135 cm³/mol. The van der Waals surface area contributed by atoms with Gasteiger partial charge in [0.15, 0.2) is 6.23 Å². The summed E-state index contributed by atoms with van der Waals surface area (Å²) in [7, 11) is -2.77. The number of halogens is 1. The van der Waals surface area contributed by atoms with Crippen molar-refractivity contribution in [2.45, 2.75) is 63.2 Å². The molecule has 12 nitrogen and oxygen atoms in total. The zero-order valence-corrected chi connectivity index (χ0v) is 22.7. The van der Waals surface area contributed by atoms with Crippen molar-refractivity contribution in [2.24, 2.45) is 0 Å². The number of ether oxygens (including phenoxy) is 3. The Labute approximate surface area is 218 Å². The summed E-state index contributed by atoms with van der Waals surface area (Å²) in [6.45, 7) is 6.10. The SMILES string of the molecule is CO[C@@H]1[C@@H](COP(=O)(N[C@@H](C)C(=O)OC(C)C)Oc2ccccc2)O[C@@H](n2ccc(=O)[nH]c2=O)[C@]1(C)Cl. The fourth-order valence-corrected chi connectivity index (χ4v) is 5.73. The van der Waals surface area contributed by atoms with E-state index in [-0.39, 0.29) is 18.5 Å². The van der Waals surface area contributed by atoms with Gasteiger partial charge >= 0.3 is 19.4 Å². The van der Waals surface area contributed by atoms with Crippen molar-refractivity contribution in [3.8, 4) is 5.75 Å². The smallest absolute Gasteiger partial charge is 0.459 e.